The minimum absolute atomic E-state index is 0.0181. The van der Waals surface area contributed by atoms with E-state index in [4.69, 9.17) is 5.73 Å². The van der Waals surface area contributed by atoms with Crippen LogP contribution in [0.2, 0.25) is 0 Å². The maximum atomic E-state index is 11.4. The third-order valence-corrected chi connectivity index (χ3v) is 1.99. The van der Waals surface area contributed by atoms with Gasteiger partial charge in [-0.25, -0.2) is 0 Å². The monoisotopic (exact) mass is 206 g/mol. The Morgan fingerprint density at radius 1 is 1.33 bits per heavy atom. The molecular weight excluding hydrogens is 192 g/mol. The molecule has 1 unspecified atom stereocenters. The molecule has 1 atom stereocenters. The smallest absolute Gasteiger partial charge is 0.226 e. The number of anilines is 1. The van der Waals surface area contributed by atoms with Crippen LogP contribution in [0.3, 0.4) is 0 Å². The van der Waals surface area contributed by atoms with Gasteiger partial charge in [-0.15, -0.1) is 0 Å². The molecule has 0 aromatic heterocycles. The Morgan fingerprint density at radius 2 is 1.93 bits per heavy atom. The molecular formula is C11H14N2O2. The average Bonchev–Trinajstić information content (AvgIpc) is 2.18. The summed E-state index contributed by atoms with van der Waals surface area (Å²) in [5, 5.41) is 2.66. The van der Waals surface area contributed by atoms with Gasteiger partial charge in [0, 0.05) is 12.1 Å². The summed E-state index contributed by atoms with van der Waals surface area (Å²) in [6, 6.07) is 8.33. The summed E-state index contributed by atoms with van der Waals surface area (Å²) in [6.07, 6.45) is 0.0181. The Labute approximate surface area is 88.5 Å². The predicted molar refractivity (Wildman–Crippen MR) is 58.3 cm³/mol. The third-order valence-electron chi connectivity index (χ3n) is 1.99. The van der Waals surface area contributed by atoms with Crippen molar-refractivity contribution < 1.29 is 9.59 Å². The zero-order chi connectivity index (χ0) is 11.3. The highest BCUT2D eigenvalue weighted by atomic mass is 16.2. The fraction of sp³-hybridized carbons (Fsp3) is 0.273. The molecule has 0 aliphatic heterocycles. The number of carbonyl (C=O) groups excluding carboxylic acids is 2. The van der Waals surface area contributed by atoms with Crippen LogP contribution in [0.15, 0.2) is 30.3 Å². The first-order valence-electron chi connectivity index (χ1n) is 4.70. The predicted octanol–water partition coefficient (Wildman–Crippen LogP) is 0.931. The zero-order valence-corrected chi connectivity index (χ0v) is 8.57. The molecule has 1 amide bonds. The molecule has 0 bridgehead atoms. The van der Waals surface area contributed by atoms with Crippen LogP contribution in [0.25, 0.3) is 0 Å². The molecule has 0 saturated heterocycles. The highest BCUT2D eigenvalue weighted by Crippen LogP contribution is 2.05. The molecule has 0 radical (unpaired) electrons. The van der Waals surface area contributed by atoms with Gasteiger partial charge in [0.1, 0.15) is 5.78 Å². The molecule has 4 heteroatoms. The lowest BCUT2D eigenvalue weighted by molar-refractivity contribution is -0.122. The number of ketones is 1. The Kier molecular flexibility index (Phi) is 4.00. The van der Waals surface area contributed by atoms with Gasteiger partial charge in [-0.3, -0.25) is 9.59 Å². The van der Waals surface area contributed by atoms with E-state index < -0.39 is 6.04 Å². The van der Waals surface area contributed by atoms with Crippen molar-refractivity contribution in [1.29, 1.82) is 0 Å². The van der Waals surface area contributed by atoms with Crippen molar-refractivity contribution >= 4 is 17.4 Å². The van der Waals surface area contributed by atoms with Crippen LogP contribution < -0.4 is 11.1 Å². The second kappa shape index (κ2) is 5.26. The number of carbonyl (C=O) groups is 2. The van der Waals surface area contributed by atoms with E-state index in [1.165, 1.54) is 6.92 Å². The first-order valence-corrected chi connectivity index (χ1v) is 4.70. The molecule has 0 saturated carbocycles. The number of benzene rings is 1. The molecule has 3 N–H and O–H groups in total. The zero-order valence-electron chi connectivity index (χ0n) is 8.57. The minimum Gasteiger partial charge on any atom is -0.326 e. The van der Waals surface area contributed by atoms with Crippen molar-refractivity contribution in [2.45, 2.75) is 19.4 Å². The Hall–Kier alpha value is -1.68. The Morgan fingerprint density at radius 3 is 2.47 bits per heavy atom. The van der Waals surface area contributed by atoms with Gasteiger partial charge in [0.05, 0.1) is 6.04 Å². The fourth-order valence-corrected chi connectivity index (χ4v) is 1.08. The molecule has 1 aromatic rings. The largest absolute Gasteiger partial charge is 0.326 e. The molecule has 0 aliphatic carbocycles. The van der Waals surface area contributed by atoms with Crippen LogP contribution >= 0.6 is 0 Å². The van der Waals surface area contributed by atoms with Crippen molar-refractivity contribution in [3.05, 3.63) is 30.3 Å². The molecule has 0 fully saturated rings. The molecule has 80 valence electrons. The molecule has 0 heterocycles. The number of hydrogen-bond donors (Lipinski definition) is 2. The van der Waals surface area contributed by atoms with E-state index >= 15 is 0 Å². The highest BCUT2D eigenvalue weighted by Gasteiger charge is 2.13. The van der Waals surface area contributed by atoms with Gasteiger partial charge in [-0.2, -0.15) is 0 Å². The van der Waals surface area contributed by atoms with Crippen LogP contribution in [0.5, 0.6) is 0 Å². The number of nitrogens with two attached hydrogens (primary N) is 1. The van der Waals surface area contributed by atoms with Crippen molar-refractivity contribution in [2.24, 2.45) is 5.73 Å². The highest BCUT2D eigenvalue weighted by molar-refractivity contribution is 5.95. The lowest BCUT2D eigenvalue weighted by Gasteiger charge is -2.08. The third kappa shape index (κ3) is 3.91. The van der Waals surface area contributed by atoms with Gasteiger partial charge >= 0.3 is 0 Å². The minimum atomic E-state index is -0.714. The molecule has 4 nitrogen and oxygen atoms in total. The summed E-state index contributed by atoms with van der Waals surface area (Å²) in [5.41, 5.74) is 6.17. The lowest BCUT2D eigenvalue weighted by Crippen LogP contribution is -2.33. The number of amides is 1. The van der Waals surface area contributed by atoms with Gasteiger partial charge < -0.3 is 11.1 Å². The first kappa shape index (κ1) is 11.4. The Balaban J connectivity index is 2.47. The summed E-state index contributed by atoms with van der Waals surface area (Å²) in [6.45, 7) is 1.38. The number of nitrogens with one attached hydrogen (secondary N) is 1. The van der Waals surface area contributed by atoms with E-state index in [1.54, 1.807) is 12.1 Å². The fourth-order valence-electron chi connectivity index (χ4n) is 1.08. The summed E-state index contributed by atoms with van der Waals surface area (Å²) in [7, 11) is 0. The van der Waals surface area contributed by atoms with E-state index in [-0.39, 0.29) is 18.1 Å². The maximum absolute atomic E-state index is 11.4. The number of Topliss-reactive ketones (excluding diaryl/α,β-unsaturated/α-hetero) is 1. The van der Waals surface area contributed by atoms with E-state index in [0.717, 1.165) is 0 Å². The average molecular weight is 206 g/mol. The molecule has 1 aromatic carbocycles. The summed E-state index contributed by atoms with van der Waals surface area (Å²) in [4.78, 5) is 22.2. The molecule has 0 aliphatic rings. The SMILES string of the molecule is CC(=O)C(N)CC(=O)Nc1ccccc1. The summed E-state index contributed by atoms with van der Waals surface area (Å²) < 4.78 is 0. The summed E-state index contributed by atoms with van der Waals surface area (Å²) in [5.74, 6) is -0.429. The standard InChI is InChI=1S/C11H14N2O2/c1-8(14)10(12)7-11(15)13-9-5-3-2-4-6-9/h2-6,10H,7,12H2,1H3,(H,13,15). The van der Waals surface area contributed by atoms with E-state index in [9.17, 15) is 9.59 Å². The number of hydrogen-bond acceptors (Lipinski definition) is 3. The maximum Gasteiger partial charge on any atom is 0.226 e. The second-order valence-electron chi connectivity index (χ2n) is 3.34. The van der Waals surface area contributed by atoms with Gasteiger partial charge in [-0.1, -0.05) is 18.2 Å². The first-order chi connectivity index (χ1) is 7.09. The summed E-state index contributed by atoms with van der Waals surface area (Å²) >= 11 is 0. The van der Waals surface area contributed by atoms with Crippen molar-refractivity contribution in [3.63, 3.8) is 0 Å². The van der Waals surface area contributed by atoms with Crippen molar-refractivity contribution in [2.75, 3.05) is 5.32 Å². The van der Waals surface area contributed by atoms with Crippen LogP contribution in [0, 0.1) is 0 Å². The van der Waals surface area contributed by atoms with Crippen molar-refractivity contribution in [3.8, 4) is 0 Å². The topological polar surface area (TPSA) is 72.2 Å². The second-order valence-corrected chi connectivity index (χ2v) is 3.34. The van der Waals surface area contributed by atoms with Crippen LogP contribution in [-0.2, 0) is 9.59 Å². The van der Waals surface area contributed by atoms with E-state index in [2.05, 4.69) is 5.32 Å². The molecule has 1 rings (SSSR count). The van der Waals surface area contributed by atoms with Gasteiger partial charge in [0.2, 0.25) is 5.91 Å². The quantitative estimate of drug-likeness (QED) is 0.769. The normalized spacial score (nSPS) is 11.9. The van der Waals surface area contributed by atoms with Gasteiger partial charge in [-0.05, 0) is 19.1 Å². The van der Waals surface area contributed by atoms with Crippen molar-refractivity contribution in [1.82, 2.24) is 0 Å². The van der Waals surface area contributed by atoms with E-state index in [0.29, 0.717) is 5.69 Å². The number of rotatable bonds is 4. The lowest BCUT2D eigenvalue weighted by atomic mass is 10.1. The molecule has 0 spiro atoms. The van der Waals surface area contributed by atoms with Crippen LogP contribution in [0.4, 0.5) is 5.69 Å². The van der Waals surface area contributed by atoms with Crippen LogP contribution in [0.1, 0.15) is 13.3 Å². The van der Waals surface area contributed by atoms with Gasteiger partial charge in [0.25, 0.3) is 0 Å². The van der Waals surface area contributed by atoms with Gasteiger partial charge in [0.15, 0.2) is 0 Å². The Bertz CT molecular complexity index is 349. The van der Waals surface area contributed by atoms with Crippen LogP contribution in [-0.4, -0.2) is 17.7 Å². The molecule has 15 heavy (non-hydrogen) atoms. The van der Waals surface area contributed by atoms with E-state index in [1.807, 2.05) is 18.2 Å². The number of para-hydroxylation sites is 1.